The Bertz CT molecular complexity index is 1060. The molecule has 1 fully saturated rings. The van der Waals surface area contributed by atoms with Gasteiger partial charge >= 0.3 is 0 Å². The number of nitrogens with zero attached hydrogens (tertiary/aromatic N) is 2. The van der Waals surface area contributed by atoms with E-state index in [1.807, 2.05) is 30.3 Å². The summed E-state index contributed by atoms with van der Waals surface area (Å²) in [5.74, 6) is 1.43. The summed E-state index contributed by atoms with van der Waals surface area (Å²) in [6.07, 6.45) is 1.50. The molecule has 0 bridgehead atoms. The van der Waals surface area contributed by atoms with Crippen molar-refractivity contribution in [2.75, 3.05) is 59.6 Å². The van der Waals surface area contributed by atoms with E-state index in [4.69, 9.17) is 19.0 Å². The predicted octanol–water partition coefficient (Wildman–Crippen LogP) is 2.46. The molecule has 0 radical (unpaired) electrons. The van der Waals surface area contributed by atoms with Crippen molar-refractivity contribution in [3.05, 3.63) is 59.0 Å². The summed E-state index contributed by atoms with van der Waals surface area (Å²) in [5.41, 5.74) is 1.75. The highest BCUT2D eigenvalue weighted by Crippen LogP contribution is 2.24. The number of methoxy groups -OCH3 is 1. The van der Waals surface area contributed by atoms with Gasteiger partial charge in [0, 0.05) is 45.3 Å². The first kappa shape index (κ1) is 21.4. The van der Waals surface area contributed by atoms with Crippen LogP contribution in [0.3, 0.4) is 0 Å². The van der Waals surface area contributed by atoms with Crippen LogP contribution >= 0.6 is 0 Å². The average molecular weight is 424 g/mol. The Morgan fingerprint density at radius 1 is 0.968 bits per heavy atom. The van der Waals surface area contributed by atoms with Crippen LogP contribution in [0.1, 0.15) is 0 Å². The monoisotopic (exact) mass is 424 g/mol. The number of aliphatic hydroxyl groups excluding tert-OH is 1. The number of rotatable bonds is 8. The molecule has 0 spiro atoms. The van der Waals surface area contributed by atoms with Gasteiger partial charge in [0.15, 0.2) is 5.43 Å². The number of fused-ring (bicyclic) bond motifs is 1. The number of piperazine rings is 1. The maximum absolute atomic E-state index is 12.9. The molecule has 0 amide bonds. The first-order valence-electron chi connectivity index (χ1n) is 10.6. The normalized spacial score (nSPS) is 15.3. The van der Waals surface area contributed by atoms with E-state index in [1.54, 1.807) is 19.2 Å². The van der Waals surface area contributed by atoms with Crippen molar-refractivity contribution in [2.24, 2.45) is 0 Å². The van der Waals surface area contributed by atoms with E-state index in [0.717, 1.165) is 50.6 Å². The lowest BCUT2D eigenvalue weighted by Crippen LogP contribution is -2.48. The minimum absolute atomic E-state index is 0.0706. The van der Waals surface area contributed by atoms with Crippen LogP contribution < -0.4 is 14.9 Å². The van der Waals surface area contributed by atoms with Crippen LogP contribution in [0.2, 0.25) is 0 Å². The molecule has 4 rings (SSSR count). The van der Waals surface area contributed by atoms with Gasteiger partial charge in [-0.25, -0.2) is 0 Å². The molecule has 1 aromatic heterocycles. The van der Waals surface area contributed by atoms with Gasteiger partial charge in [0.25, 0.3) is 0 Å². The highest BCUT2D eigenvalue weighted by molar-refractivity contribution is 5.82. The number of β-amino-alcohol motifs (C(OH)–C–C–N with tert-alkyl or cyclic N) is 1. The molecular weight excluding hydrogens is 396 g/mol. The van der Waals surface area contributed by atoms with E-state index in [1.165, 1.54) is 6.26 Å². The molecule has 1 aliphatic rings. The van der Waals surface area contributed by atoms with E-state index in [0.29, 0.717) is 28.9 Å². The van der Waals surface area contributed by atoms with Crippen LogP contribution in [0.25, 0.3) is 22.1 Å². The third-order valence-corrected chi connectivity index (χ3v) is 5.70. The predicted molar refractivity (Wildman–Crippen MR) is 120 cm³/mol. The Morgan fingerprint density at radius 3 is 2.32 bits per heavy atom. The smallest absolute Gasteiger partial charge is 0.200 e. The van der Waals surface area contributed by atoms with Crippen molar-refractivity contribution in [3.8, 4) is 22.6 Å². The standard InChI is InChI=1S/C24H28N2O5/c1-29-19-4-2-18(3-5-19)22-17-31-23-16-20(6-7-21(23)24(22)28)30-15-13-26-10-8-25(9-11-26)12-14-27/h2-7,16-17,27H,8-15H2,1H3. The topological polar surface area (TPSA) is 75.4 Å². The second-order valence-electron chi connectivity index (χ2n) is 7.62. The van der Waals surface area contributed by atoms with E-state index in [9.17, 15) is 4.79 Å². The quantitative estimate of drug-likeness (QED) is 0.595. The molecule has 164 valence electrons. The van der Waals surface area contributed by atoms with Gasteiger partial charge in [-0.1, -0.05) is 12.1 Å². The Balaban J connectivity index is 1.39. The summed E-state index contributed by atoms with van der Waals surface area (Å²) in [7, 11) is 1.61. The third kappa shape index (κ3) is 5.07. The van der Waals surface area contributed by atoms with Crippen molar-refractivity contribution in [1.82, 2.24) is 9.80 Å². The molecule has 7 heteroatoms. The van der Waals surface area contributed by atoms with E-state index < -0.39 is 0 Å². The Hall–Kier alpha value is -2.87. The van der Waals surface area contributed by atoms with Gasteiger partial charge in [-0.15, -0.1) is 0 Å². The summed E-state index contributed by atoms with van der Waals surface area (Å²) >= 11 is 0. The summed E-state index contributed by atoms with van der Waals surface area (Å²) in [6, 6.07) is 12.7. The molecule has 0 unspecified atom stereocenters. The van der Waals surface area contributed by atoms with E-state index >= 15 is 0 Å². The number of aliphatic hydroxyl groups is 1. The number of hydrogen-bond donors (Lipinski definition) is 1. The summed E-state index contributed by atoms with van der Waals surface area (Å²) < 4.78 is 16.8. The van der Waals surface area contributed by atoms with Crippen molar-refractivity contribution in [2.45, 2.75) is 0 Å². The van der Waals surface area contributed by atoms with Gasteiger partial charge in [-0.2, -0.15) is 0 Å². The fraction of sp³-hybridized carbons (Fsp3) is 0.375. The van der Waals surface area contributed by atoms with Crippen LogP contribution in [-0.4, -0.2) is 74.5 Å². The van der Waals surface area contributed by atoms with E-state index in [2.05, 4.69) is 9.80 Å². The fourth-order valence-electron chi connectivity index (χ4n) is 3.84. The molecule has 2 aromatic carbocycles. The first-order valence-corrected chi connectivity index (χ1v) is 10.6. The van der Waals surface area contributed by atoms with Crippen molar-refractivity contribution < 1.29 is 19.0 Å². The second kappa shape index (κ2) is 9.96. The lowest BCUT2D eigenvalue weighted by molar-refractivity contribution is 0.102. The molecular formula is C24H28N2O5. The molecule has 0 saturated carbocycles. The molecule has 2 heterocycles. The lowest BCUT2D eigenvalue weighted by Gasteiger charge is -2.34. The van der Waals surface area contributed by atoms with Crippen LogP contribution in [0.15, 0.2) is 57.9 Å². The largest absolute Gasteiger partial charge is 0.497 e. The molecule has 3 aromatic rings. The van der Waals surface area contributed by atoms with Gasteiger partial charge in [0.2, 0.25) is 0 Å². The zero-order chi connectivity index (χ0) is 21.6. The maximum atomic E-state index is 12.9. The first-order chi connectivity index (χ1) is 15.2. The van der Waals surface area contributed by atoms with Gasteiger partial charge in [0.1, 0.15) is 30.0 Å². The molecule has 1 saturated heterocycles. The Labute approximate surface area is 181 Å². The van der Waals surface area contributed by atoms with Crippen molar-refractivity contribution in [1.29, 1.82) is 0 Å². The highest BCUT2D eigenvalue weighted by atomic mass is 16.5. The van der Waals surface area contributed by atoms with Gasteiger partial charge < -0.3 is 19.0 Å². The SMILES string of the molecule is COc1ccc(-c2coc3cc(OCCN4CCN(CCO)CC4)ccc3c2=O)cc1. The van der Waals surface area contributed by atoms with Gasteiger partial charge in [0.05, 0.1) is 24.7 Å². The Morgan fingerprint density at radius 2 is 1.65 bits per heavy atom. The van der Waals surface area contributed by atoms with Crippen molar-refractivity contribution >= 4 is 11.0 Å². The van der Waals surface area contributed by atoms with Crippen LogP contribution in [0, 0.1) is 0 Å². The van der Waals surface area contributed by atoms with Gasteiger partial charge in [-0.05, 0) is 29.8 Å². The molecule has 31 heavy (non-hydrogen) atoms. The number of ether oxygens (including phenoxy) is 2. The molecule has 0 aliphatic carbocycles. The Kier molecular flexibility index (Phi) is 6.86. The van der Waals surface area contributed by atoms with Crippen LogP contribution in [0.4, 0.5) is 0 Å². The van der Waals surface area contributed by atoms with E-state index in [-0.39, 0.29) is 12.0 Å². The minimum atomic E-state index is -0.0706. The lowest BCUT2D eigenvalue weighted by atomic mass is 10.1. The number of hydrogen-bond acceptors (Lipinski definition) is 7. The fourth-order valence-corrected chi connectivity index (χ4v) is 3.84. The zero-order valence-electron chi connectivity index (χ0n) is 17.8. The third-order valence-electron chi connectivity index (χ3n) is 5.70. The highest BCUT2D eigenvalue weighted by Gasteiger charge is 2.16. The van der Waals surface area contributed by atoms with Gasteiger partial charge in [-0.3, -0.25) is 14.6 Å². The minimum Gasteiger partial charge on any atom is -0.497 e. The summed E-state index contributed by atoms with van der Waals surface area (Å²) in [5, 5.41) is 9.56. The van der Waals surface area contributed by atoms with Crippen LogP contribution in [0.5, 0.6) is 11.5 Å². The molecule has 7 nitrogen and oxygen atoms in total. The second-order valence-corrected chi connectivity index (χ2v) is 7.62. The van der Waals surface area contributed by atoms with Crippen molar-refractivity contribution in [3.63, 3.8) is 0 Å². The molecule has 1 aliphatic heterocycles. The summed E-state index contributed by atoms with van der Waals surface area (Å²) in [4.78, 5) is 17.6. The average Bonchev–Trinajstić information content (AvgIpc) is 2.81. The number of benzene rings is 2. The van der Waals surface area contributed by atoms with Crippen LogP contribution in [-0.2, 0) is 0 Å². The molecule has 0 atom stereocenters. The molecule has 1 N–H and O–H groups in total. The zero-order valence-corrected chi connectivity index (χ0v) is 17.8. The maximum Gasteiger partial charge on any atom is 0.200 e. The summed E-state index contributed by atoms with van der Waals surface area (Å²) in [6.45, 7) is 6.26.